The van der Waals surface area contributed by atoms with Gasteiger partial charge in [-0.1, -0.05) is 205 Å². The molecule has 0 atom stereocenters. The summed E-state index contributed by atoms with van der Waals surface area (Å²) >= 11 is 0. The highest BCUT2D eigenvalue weighted by Crippen LogP contribution is 2.57. The Bertz CT molecular complexity index is 3670. The van der Waals surface area contributed by atoms with Crippen LogP contribution < -0.4 is 0 Å². The highest BCUT2D eigenvalue weighted by molar-refractivity contribution is 6.23. The summed E-state index contributed by atoms with van der Waals surface area (Å²) in [6.45, 7) is 14.5. The molecule has 0 fully saturated rings. The molecule has 0 N–H and O–H groups in total. The van der Waals surface area contributed by atoms with Gasteiger partial charge in [0.2, 0.25) is 0 Å². The van der Waals surface area contributed by atoms with E-state index in [1.54, 1.807) is 0 Å². The molecule has 0 saturated heterocycles. The van der Waals surface area contributed by atoms with Crippen molar-refractivity contribution in [2.24, 2.45) is 0 Å². The molecule has 0 spiro atoms. The van der Waals surface area contributed by atoms with Crippen LogP contribution in [0.3, 0.4) is 0 Å². The van der Waals surface area contributed by atoms with Crippen molar-refractivity contribution in [3.63, 3.8) is 0 Å². The second-order valence-electron chi connectivity index (χ2n) is 20.4. The molecule has 0 amide bonds. The first-order valence-electron chi connectivity index (χ1n) is 23.3. The topological polar surface area (TPSA) is 0 Å². The Morgan fingerprint density at radius 1 is 0.215 bits per heavy atom. The summed E-state index contributed by atoms with van der Waals surface area (Å²) in [5.41, 5.74) is 26.2. The fraction of sp³-hybridized carbons (Fsp3) is 0.138. The molecule has 0 bridgehead atoms. The third-order valence-corrected chi connectivity index (χ3v) is 15.9. The van der Waals surface area contributed by atoms with Gasteiger partial charge in [-0.25, -0.2) is 0 Å². The van der Waals surface area contributed by atoms with Crippen LogP contribution in [-0.4, -0.2) is 0 Å². The van der Waals surface area contributed by atoms with Crippen molar-refractivity contribution in [3.05, 3.63) is 228 Å². The van der Waals surface area contributed by atoms with Gasteiger partial charge in [-0.2, -0.15) is 0 Å². The van der Waals surface area contributed by atoms with Crippen LogP contribution in [-0.2, 0) is 16.2 Å². The Morgan fingerprint density at radius 2 is 0.569 bits per heavy atom. The van der Waals surface area contributed by atoms with Gasteiger partial charge in [-0.3, -0.25) is 0 Å². The van der Waals surface area contributed by atoms with Crippen molar-refractivity contribution in [3.8, 4) is 77.9 Å². The maximum atomic E-state index is 2.59. The van der Waals surface area contributed by atoms with Crippen LogP contribution in [0.1, 0.15) is 74.9 Å². The lowest BCUT2D eigenvalue weighted by Crippen LogP contribution is -2.15. The molecule has 13 rings (SSSR count). The predicted octanol–water partition coefficient (Wildman–Crippen LogP) is 17.6. The van der Waals surface area contributed by atoms with Crippen LogP contribution >= 0.6 is 0 Å². The quantitative estimate of drug-likeness (QED) is 0.155. The van der Waals surface area contributed by atoms with Gasteiger partial charge in [0.25, 0.3) is 0 Å². The van der Waals surface area contributed by atoms with Crippen molar-refractivity contribution in [1.82, 2.24) is 0 Å². The minimum Gasteiger partial charge on any atom is -0.0622 e. The van der Waals surface area contributed by atoms with E-state index in [4.69, 9.17) is 0 Å². The molecule has 0 saturated carbocycles. The molecule has 3 aliphatic carbocycles. The monoisotopic (exact) mass is 830 g/mol. The molecule has 10 aromatic carbocycles. The summed E-state index contributed by atoms with van der Waals surface area (Å²) in [6, 6.07) is 73.9. The minimum atomic E-state index is -0.232. The molecule has 0 heteroatoms. The lowest BCUT2D eigenvalue weighted by Gasteiger charge is -2.25. The van der Waals surface area contributed by atoms with Crippen molar-refractivity contribution in [2.75, 3.05) is 0 Å². The first-order chi connectivity index (χ1) is 31.5. The van der Waals surface area contributed by atoms with Crippen molar-refractivity contribution in [1.29, 1.82) is 0 Å². The summed E-state index contributed by atoms with van der Waals surface area (Å²) in [5, 5.41) is 5.19. The van der Waals surface area contributed by atoms with Crippen LogP contribution in [0.25, 0.3) is 99.4 Å². The standard InChI is InChI=1S/C65H50/c1-63(2)55-26-16-14-22-45(55)47-32-29-41(35-58(47)63)61-50-24-12-13-25-51(50)62(42-30-33-48-46-23-15-17-27-56(46)64(3,4)59(48)36-42)54-38-60-52(37-53(54)61)49-31-28-40(34-57(49)65(60,5)6)44-21-11-10-20-43(44)39-18-8-7-9-19-39/h7-38H,1-6H3. The van der Waals surface area contributed by atoms with Gasteiger partial charge in [-0.05, 0) is 163 Å². The maximum absolute atomic E-state index is 2.59. The average molecular weight is 831 g/mol. The van der Waals surface area contributed by atoms with E-state index in [-0.39, 0.29) is 16.2 Å². The van der Waals surface area contributed by atoms with Crippen molar-refractivity contribution < 1.29 is 0 Å². The van der Waals surface area contributed by atoms with E-state index in [0.717, 1.165) is 0 Å². The maximum Gasteiger partial charge on any atom is 0.0159 e. The fourth-order valence-corrected chi connectivity index (χ4v) is 12.5. The summed E-state index contributed by atoms with van der Waals surface area (Å²) in [5.74, 6) is 0. The van der Waals surface area contributed by atoms with Gasteiger partial charge in [0.15, 0.2) is 0 Å². The highest BCUT2D eigenvalue weighted by Gasteiger charge is 2.39. The summed E-state index contributed by atoms with van der Waals surface area (Å²) in [6.07, 6.45) is 0. The molecule has 3 aliphatic rings. The first kappa shape index (κ1) is 38.2. The Hall–Kier alpha value is -7.28. The van der Waals surface area contributed by atoms with Gasteiger partial charge >= 0.3 is 0 Å². The average Bonchev–Trinajstić information content (AvgIpc) is 3.81. The van der Waals surface area contributed by atoms with Gasteiger partial charge < -0.3 is 0 Å². The molecule has 0 nitrogen and oxygen atoms in total. The van der Waals surface area contributed by atoms with Crippen LogP contribution in [0.4, 0.5) is 0 Å². The number of fused-ring (bicyclic) bond motifs is 11. The van der Waals surface area contributed by atoms with Gasteiger partial charge in [0.1, 0.15) is 0 Å². The molecule has 65 heavy (non-hydrogen) atoms. The summed E-state index contributed by atoms with van der Waals surface area (Å²) in [7, 11) is 0. The molecule has 10 aromatic rings. The highest BCUT2D eigenvalue weighted by atomic mass is 14.4. The van der Waals surface area contributed by atoms with Crippen molar-refractivity contribution in [2.45, 2.75) is 57.8 Å². The van der Waals surface area contributed by atoms with E-state index in [2.05, 4.69) is 236 Å². The van der Waals surface area contributed by atoms with E-state index in [1.165, 1.54) is 133 Å². The second-order valence-corrected chi connectivity index (χ2v) is 20.4. The lowest BCUT2D eigenvalue weighted by atomic mass is 9.77. The van der Waals surface area contributed by atoms with E-state index in [1.807, 2.05) is 0 Å². The molecule has 0 aliphatic heterocycles. The van der Waals surface area contributed by atoms with E-state index in [9.17, 15) is 0 Å². The molecule has 0 aromatic heterocycles. The molecule has 0 radical (unpaired) electrons. The first-order valence-corrected chi connectivity index (χ1v) is 23.3. The third kappa shape index (κ3) is 5.26. The summed E-state index contributed by atoms with van der Waals surface area (Å²) < 4.78 is 0. The largest absolute Gasteiger partial charge is 0.0622 e. The van der Waals surface area contributed by atoms with Gasteiger partial charge in [-0.15, -0.1) is 0 Å². The van der Waals surface area contributed by atoms with E-state index < -0.39 is 0 Å². The number of hydrogen-bond donors (Lipinski definition) is 0. The number of benzene rings is 10. The zero-order chi connectivity index (χ0) is 44.0. The molecule has 310 valence electrons. The van der Waals surface area contributed by atoms with Crippen LogP contribution in [0.15, 0.2) is 194 Å². The van der Waals surface area contributed by atoms with Gasteiger partial charge in [0.05, 0.1) is 0 Å². The molecule has 0 unspecified atom stereocenters. The molecular weight excluding hydrogens is 781 g/mol. The Kier molecular flexibility index (Phi) is 7.86. The predicted molar refractivity (Wildman–Crippen MR) is 276 cm³/mol. The van der Waals surface area contributed by atoms with Crippen LogP contribution in [0.2, 0.25) is 0 Å². The Labute approximate surface area is 382 Å². The van der Waals surface area contributed by atoms with E-state index in [0.29, 0.717) is 0 Å². The lowest BCUT2D eigenvalue weighted by molar-refractivity contribution is 0.660. The zero-order valence-corrected chi connectivity index (χ0v) is 38.0. The SMILES string of the molecule is CC1(C)c2ccccc2-c2ccc(-c3c4ccccc4c(-c4ccc5c(c4)C(C)(C)c4ccccc4-5)c4cc5c(cc34)-c3ccc(-c4ccccc4-c4ccccc4)cc3C5(C)C)cc21. The Balaban J connectivity index is 1.08. The van der Waals surface area contributed by atoms with Gasteiger partial charge in [0, 0.05) is 16.2 Å². The van der Waals surface area contributed by atoms with E-state index >= 15 is 0 Å². The van der Waals surface area contributed by atoms with Crippen LogP contribution in [0.5, 0.6) is 0 Å². The smallest absolute Gasteiger partial charge is 0.0159 e. The summed E-state index contributed by atoms with van der Waals surface area (Å²) in [4.78, 5) is 0. The van der Waals surface area contributed by atoms with Crippen molar-refractivity contribution >= 4 is 21.5 Å². The van der Waals surface area contributed by atoms with Crippen LogP contribution in [0, 0.1) is 0 Å². The number of rotatable bonds is 4. The minimum absolute atomic E-state index is 0.107. The molecular formula is C65H50. The zero-order valence-electron chi connectivity index (χ0n) is 38.0. The Morgan fingerprint density at radius 3 is 1.11 bits per heavy atom. The second kappa shape index (κ2) is 13.4. The molecule has 0 heterocycles. The third-order valence-electron chi connectivity index (χ3n) is 15.9. The normalized spacial score (nSPS) is 15.3. The fourth-order valence-electron chi connectivity index (χ4n) is 12.5. The number of hydrogen-bond acceptors (Lipinski definition) is 0.